The Bertz CT molecular complexity index is 396. The minimum atomic E-state index is 0.711. The fourth-order valence-electron chi connectivity index (χ4n) is 2.28. The molecule has 4 heteroatoms. The lowest BCUT2D eigenvalue weighted by molar-refractivity contribution is 0.758. The van der Waals surface area contributed by atoms with Gasteiger partial charge in [0.05, 0.1) is 0 Å². The Morgan fingerprint density at radius 3 is 2.53 bits per heavy atom. The van der Waals surface area contributed by atoms with E-state index in [-0.39, 0.29) is 0 Å². The molecule has 0 unspecified atom stereocenters. The van der Waals surface area contributed by atoms with Crippen LogP contribution in [0.2, 0.25) is 0 Å². The van der Waals surface area contributed by atoms with E-state index in [0.717, 1.165) is 18.7 Å². The van der Waals surface area contributed by atoms with Crippen molar-refractivity contribution in [1.82, 2.24) is 5.32 Å². The van der Waals surface area contributed by atoms with Gasteiger partial charge in [-0.25, -0.2) is 0 Å². The number of benzene rings is 1. The van der Waals surface area contributed by atoms with Gasteiger partial charge in [0.25, 0.3) is 0 Å². The molecule has 0 atom stereocenters. The van der Waals surface area contributed by atoms with Gasteiger partial charge in [-0.1, -0.05) is 13.3 Å². The molecule has 0 aromatic heterocycles. The van der Waals surface area contributed by atoms with Crippen LogP contribution < -0.4 is 15.5 Å². The Morgan fingerprint density at radius 1 is 1.21 bits per heavy atom. The molecule has 104 valence electrons. The molecule has 1 saturated heterocycles. The molecule has 19 heavy (non-hydrogen) atoms. The first kappa shape index (κ1) is 14.1. The summed E-state index contributed by atoms with van der Waals surface area (Å²) in [6.45, 7) is 5.48. The van der Waals surface area contributed by atoms with Gasteiger partial charge in [0.2, 0.25) is 0 Å². The van der Waals surface area contributed by atoms with Crippen molar-refractivity contribution in [2.24, 2.45) is 0 Å². The minimum absolute atomic E-state index is 0.711. The molecule has 0 radical (unpaired) electrons. The first-order valence-electron chi connectivity index (χ1n) is 7.19. The highest BCUT2D eigenvalue weighted by Gasteiger charge is 2.11. The minimum Gasteiger partial charge on any atom is -0.372 e. The monoisotopic (exact) mass is 277 g/mol. The van der Waals surface area contributed by atoms with Crippen molar-refractivity contribution in [3.63, 3.8) is 0 Å². The SMILES string of the molecule is CCCCNC(=S)Nc1ccc(N2CCCC2)cc1. The van der Waals surface area contributed by atoms with Crippen LogP contribution in [0.15, 0.2) is 24.3 Å². The number of nitrogens with one attached hydrogen (secondary N) is 2. The molecule has 0 amide bonds. The van der Waals surface area contributed by atoms with Crippen LogP contribution in [-0.2, 0) is 0 Å². The van der Waals surface area contributed by atoms with Crippen LogP contribution in [-0.4, -0.2) is 24.7 Å². The van der Waals surface area contributed by atoms with Crippen LogP contribution in [0.3, 0.4) is 0 Å². The highest BCUT2D eigenvalue weighted by atomic mass is 32.1. The zero-order chi connectivity index (χ0) is 13.5. The van der Waals surface area contributed by atoms with Crippen molar-refractivity contribution in [2.75, 3.05) is 29.9 Å². The quantitative estimate of drug-likeness (QED) is 0.637. The highest BCUT2D eigenvalue weighted by Crippen LogP contribution is 2.21. The predicted molar refractivity (Wildman–Crippen MR) is 87.0 cm³/mol. The molecule has 2 rings (SSSR count). The maximum Gasteiger partial charge on any atom is 0.170 e. The van der Waals surface area contributed by atoms with Gasteiger partial charge in [-0.05, 0) is 55.7 Å². The van der Waals surface area contributed by atoms with Gasteiger partial charge >= 0.3 is 0 Å². The lowest BCUT2D eigenvalue weighted by Crippen LogP contribution is -2.29. The molecule has 1 aromatic carbocycles. The van der Waals surface area contributed by atoms with Crippen LogP contribution >= 0.6 is 12.2 Å². The summed E-state index contributed by atoms with van der Waals surface area (Å²) in [6, 6.07) is 8.54. The number of hydrogen-bond donors (Lipinski definition) is 2. The number of rotatable bonds is 5. The normalized spacial score (nSPS) is 14.5. The zero-order valence-corrected chi connectivity index (χ0v) is 12.4. The largest absolute Gasteiger partial charge is 0.372 e. The second-order valence-corrected chi connectivity index (χ2v) is 5.38. The number of thiocarbonyl (C=S) groups is 1. The van der Waals surface area contributed by atoms with Gasteiger partial charge < -0.3 is 15.5 Å². The van der Waals surface area contributed by atoms with Crippen molar-refractivity contribution in [2.45, 2.75) is 32.6 Å². The van der Waals surface area contributed by atoms with E-state index in [4.69, 9.17) is 12.2 Å². The van der Waals surface area contributed by atoms with Gasteiger partial charge in [-0.15, -0.1) is 0 Å². The fraction of sp³-hybridized carbons (Fsp3) is 0.533. The van der Waals surface area contributed by atoms with Crippen molar-refractivity contribution in [3.8, 4) is 0 Å². The van der Waals surface area contributed by atoms with Crippen LogP contribution in [0.1, 0.15) is 32.6 Å². The lowest BCUT2D eigenvalue weighted by atomic mass is 10.2. The van der Waals surface area contributed by atoms with Crippen molar-refractivity contribution >= 4 is 28.7 Å². The Kier molecular flexibility index (Phi) is 5.45. The van der Waals surface area contributed by atoms with Gasteiger partial charge in [0.15, 0.2) is 5.11 Å². The predicted octanol–water partition coefficient (Wildman–Crippen LogP) is 3.37. The Hall–Kier alpha value is -1.29. The molecule has 1 aliphatic heterocycles. The summed E-state index contributed by atoms with van der Waals surface area (Å²) >= 11 is 5.26. The van der Waals surface area contributed by atoms with E-state index in [2.05, 4.69) is 46.7 Å². The molecular weight excluding hydrogens is 254 g/mol. The van der Waals surface area contributed by atoms with Gasteiger partial charge in [-0.3, -0.25) is 0 Å². The van der Waals surface area contributed by atoms with E-state index >= 15 is 0 Å². The van der Waals surface area contributed by atoms with Crippen molar-refractivity contribution < 1.29 is 0 Å². The molecule has 0 bridgehead atoms. The number of nitrogens with zero attached hydrogens (tertiary/aromatic N) is 1. The van der Waals surface area contributed by atoms with E-state index in [0.29, 0.717) is 5.11 Å². The summed E-state index contributed by atoms with van der Waals surface area (Å²) < 4.78 is 0. The smallest absolute Gasteiger partial charge is 0.170 e. The molecule has 1 aromatic rings. The highest BCUT2D eigenvalue weighted by molar-refractivity contribution is 7.80. The third kappa shape index (κ3) is 4.39. The van der Waals surface area contributed by atoms with Crippen LogP contribution in [0.4, 0.5) is 11.4 Å². The third-order valence-electron chi connectivity index (χ3n) is 3.41. The maximum absolute atomic E-state index is 5.26. The summed E-state index contributed by atoms with van der Waals surface area (Å²) in [5.41, 5.74) is 2.37. The molecule has 1 fully saturated rings. The van der Waals surface area contributed by atoms with Crippen LogP contribution in [0, 0.1) is 0 Å². The summed E-state index contributed by atoms with van der Waals surface area (Å²) in [4.78, 5) is 2.43. The summed E-state index contributed by atoms with van der Waals surface area (Å²) in [5, 5.41) is 7.14. The first-order valence-corrected chi connectivity index (χ1v) is 7.60. The Morgan fingerprint density at radius 2 is 1.89 bits per heavy atom. The average molecular weight is 277 g/mol. The van der Waals surface area contributed by atoms with Crippen LogP contribution in [0.25, 0.3) is 0 Å². The maximum atomic E-state index is 5.26. The molecule has 0 spiro atoms. The van der Waals surface area contributed by atoms with Gasteiger partial charge in [-0.2, -0.15) is 0 Å². The van der Waals surface area contributed by atoms with E-state index in [1.165, 1.54) is 38.0 Å². The lowest BCUT2D eigenvalue weighted by Gasteiger charge is -2.18. The molecule has 3 nitrogen and oxygen atoms in total. The molecule has 2 N–H and O–H groups in total. The Balaban J connectivity index is 1.82. The van der Waals surface area contributed by atoms with E-state index in [1.54, 1.807) is 0 Å². The van der Waals surface area contributed by atoms with E-state index < -0.39 is 0 Å². The van der Waals surface area contributed by atoms with Crippen molar-refractivity contribution in [3.05, 3.63) is 24.3 Å². The standard InChI is InChI=1S/C15H23N3S/c1-2-3-10-16-15(19)17-13-6-8-14(9-7-13)18-11-4-5-12-18/h6-9H,2-5,10-12H2,1H3,(H2,16,17,19). The summed E-state index contributed by atoms with van der Waals surface area (Å²) in [5.74, 6) is 0. The van der Waals surface area contributed by atoms with Gasteiger partial charge in [0, 0.05) is 31.0 Å². The molecule has 0 aliphatic carbocycles. The number of anilines is 2. The third-order valence-corrected chi connectivity index (χ3v) is 3.66. The van der Waals surface area contributed by atoms with E-state index in [9.17, 15) is 0 Å². The second-order valence-electron chi connectivity index (χ2n) is 4.98. The number of unbranched alkanes of at least 4 members (excludes halogenated alkanes) is 1. The van der Waals surface area contributed by atoms with Crippen LogP contribution in [0.5, 0.6) is 0 Å². The molecular formula is C15H23N3S. The first-order chi connectivity index (χ1) is 9.29. The van der Waals surface area contributed by atoms with Gasteiger partial charge in [0.1, 0.15) is 0 Å². The van der Waals surface area contributed by atoms with E-state index in [1.807, 2.05) is 0 Å². The average Bonchev–Trinajstić information content (AvgIpc) is 2.94. The zero-order valence-electron chi connectivity index (χ0n) is 11.6. The molecule has 0 saturated carbocycles. The summed E-state index contributed by atoms with van der Waals surface area (Å²) in [7, 11) is 0. The second kappa shape index (κ2) is 7.34. The molecule has 1 aliphatic rings. The molecule has 1 heterocycles. The topological polar surface area (TPSA) is 27.3 Å². The summed E-state index contributed by atoms with van der Waals surface area (Å²) in [6.07, 6.45) is 4.95. The number of hydrogen-bond acceptors (Lipinski definition) is 2. The van der Waals surface area contributed by atoms with Crippen molar-refractivity contribution in [1.29, 1.82) is 0 Å². The Labute approximate surface area is 121 Å². The fourth-order valence-corrected chi connectivity index (χ4v) is 2.50.